The first-order valence-electron chi connectivity index (χ1n) is 7.23. The Kier molecular flexibility index (Phi) is 4.43. The van der Waals surface area contributed by atoms with Gasteiger partial charge in [0.25, 0.3) is 0 Å². The van der Waals surface area contributed by atoms with Gasteiger partial charge in [-0.25, -0.2) is 4.98 Å². The summed E-state index contributed by atoms with van der Waals surface area (Å²) in [7, 11) is 0. The number of hydrogen-bond donors (Lipinski definition) is 2. The molecule has 0 radical (unpaired) electrons. The Balaban J connectivity index is 1.69. The van der Waals surface area contributed by atoms with Crippen molar-refractivity contribution in [3.8, 4) is 0 Å². The largest absolute Gasteiger partial charge is 0.368 e. The van der Waals surface area contributed by atoms with E-state index in [4.69, 9.17) is 17.3 Å². The molecule has 0 aliphatic rings. The van der Waals surface area contributed by atoms with Crippen LogP contribution in [0.2, 0.25) is 5.15 Å². The van der Waals surface area contributed by atoms with E-state index in [1.165, 1.54) is 5.56 Å². The van der Waals surface area contributed by atoms with E-state index >= 15 is 0 Å². The first-order valence-corrected chi connectivity index (χ1v) is 7.61. The maximum atomic E-state index is 5.89. The van der Waals surface area contributed by atoms with Gasteiger partial charge in [-0.15, -0.1) is 0 Å². The van der Waals surface area contributed by atoms with Crippen LogP contribution in [0, 0.1) is 0 Å². The van der Waals surface area contributed by atoms with Crippen LogP contribution in [0.15, 0.2) is 48.8 Å². The summed E-state index contributed by atoms with van der Waals surface area (Å²) >= 11 is 5.89. The molecule has 118 valence electrons. The molecule has 0 amide bonds. The second-order valence-corrected chi connectivity index (χ2v) is 5.64. The number of nitrogen functional groups attached to an aromatic ring is 1. The normalized spacial score (nSPS) is 12.1. The summed E-state index contributed by atoms with van der Waals surface area (Å²) in [6, 6.07) is 11.9. The molecule has 0 saturated heterocycles. The van der Waals surface area contributed by atoms with E-state index in [0.29, 0.717) is 11.0 Å². The van der Waals surface area contributed by atoms with Crippen LogP contribution in [0.25, 0.3) is 0 Å². The lowest BCUT2D eigenvalue weighted by Gasteiger charge is -2.13. The highest BCUT2D eigenvalue weighted by atomic mass is 35.5. The molecule has 1 unspecified atom stereocenters. The molecule has 1 atom stereocenters. The van der Waals surface area contributed by atoms with Crippen LogP contribution in [0.3, 0.4) is 0 Å². The van der Waals surface area contributed by atoms with Crippen LogP contribution in [0.1, 0.15) is 24.1 Å². The van der Waals surface area contributed by atoms with Gasteiger partial charge < -0.3 is 11.1 Å². The Morgan fingerprint density at radius 2 is 2.04 bits per heavy atom. The molecule has 7 heteroatoms. The first-order chi connectivity index (χ1) is 11.1. The summed E-state index contributed by atoms with van der Waals surface area (Å²) in [4.78, 5) is 7.96. The molecule has 2 aromatic heterocycles. The number of nitrogens with one attached hydrogen (secondary N) is 1. The molecule has 0 aliphatic heterocycles. The minimum absolute atomic E-state index is 0.0184. The van der Waals surface area contributed by atoms with Crippen LogP contribution in [0.5, 0.6) is 0 Å². The van der Waals surface area contributed by atoms with Gasteiger partial charge in [0, 0.05) is 17.8 Å². The summed E-state index contributed by atoms with van der Waals surface area (Å²) in [6.07, 6.45) is 3.85. The maximum Gasteiger partial charge on any atom is 0.223 e. The molecular formula is C16H17ClN6. The smallest absolute Gasteiger partial charge is 0.223 e. The van der Waals surface area contributed by atoms with Crippen molar-refractivity contribution in [1.82, 2.24) is 19.7 Å². The topological polar surface area (TPSA) is 81.7 Å². The molecular weight excluding hydrogens is 312 g/mol. The molecule has 1 aromatic carbocycles. The van der Waals surface area contributed by atoms with E-state index in [1.54, 1.807) is 6.07 Å². The molecule has 6 nitrogen and oxygen atoms in total. The third-order valence-corrected chi connectivity index (χ3v) is 3.61. The molecule has 0 aliphatic carbocycles. The number of rotatable bonds is 5. The second kappa shape index (κ2) is 6.66. The van der Waals surface area contributed by atoms with Crippen LogP contribution in [0.4, 0.5) is 11.8 Å². The summed E-state index contributed by atoms with van der Waals surface area (Å²) in [5.41, 5.74) is 7.86. The van der Waals surface area contributed by atoms with Crippen molar-refractivity contribution in [3.05, 3.63) is 65.1 Å². The van der Waals surface area contributed by atoms with Crippen LogP contribution < -0.4 is 11.1 Å². The molecule has 0 fully saturated rings. The number of aromatic nitrogens is 4. The summed E-state index contributed by atoms with van der Waals surface area (Å²) < 4.78 is 1.91. The third-order valence-electron chi connectivity index (χ3n) is 3.42. The van der Waals surface area contributed by atoms with E-state index in [9.17, 15) is 0 Å². The lowest BCUT2D eigenvalue weighted by Crippen LogP contribution is -2.09. The number of halogens is 1. The second-order valence-electron chi connectivity index (χ2n) is 5.26. The third kappa shape index (κ3) is 3.98. The Morgan fingerprint density at radius 3 is 2.78 bits per heavy atom. The van der Waals surface area contributed by atoms with Gasteiger partial charge >= 0.3 is 0 Å². The van der Waals surface area contributed by atoms with Gasteiger partial charge in [0.1, 0.15) is 11.0 Å². The van der Waals surface area contributed by atoms with Gasteiger partial charge in [-0.05, 0) is 12.5 Å². The molecule has 0 bridgehead atoms. The predicted molar refractivity (Wildman–Crippen MR) is 91.3 cm³/mol. The Labute approximate surface area is 139 Å². The van der Waals surface area contributed by atoms with Gasteiger partial charge in [-0.1, -0.05) is 41.9 Å². The average Bonchev–Trinajstić information content (AvgIpc) is 2.96. The highest BCUT2D eigenvalue weighted by Crippen LogP contribution is 2.20. The highest BCUT2D eigenvalue weighted by Gasteiger charge is 2.10. The molecule has 3 aromatic rings. The molecule has 0 saturated carbocycles. The van der Waals surface area contributed by atoms with Crippen molar-refractivity contribution >= 4 is 23.4 Å². The number of anilines is 2. The predicted octanol–water partition coefficient (Wildman–Crippen LogP) is 3.13. The fourth-order valence-corrected chi connectivity index (χ4v) is 2.46. The van der Waals surface area contributed by atoms with Gasteiger partial charge in [-0.3, -0.25) is 4.68 Å². The summed E-state index contributed by atoms with van der Waals surface area (Å²) in [6.45, 7) is 2.76. The number of benzene rings is 1. The molecule has 3 rings (SSSR count). The molecule has 3 N–H and O–H groups in total. The zero-order valence-corrected chi connectivity index (χ0v) is 13.4. The standard InChI is InChI=1S/C16H17ClN6/c1-11(20-15-7-14(17)21-16(18)22-15)13-8-19-23(10-13)9-12-5-3-2-4-6-12/h2-8,10-11H,9H2,1H3,(H3,18,20,21,22). The van der Waals surface area contributed by atoms with E-state index in [1.807, 2.05) is 42.2 Å². The molecule has 2 heterocycles. The van der Waals surface area contributed by atoms with Crippen molar-refractivity contribution in [2.24, 2.45) is 0 Å². The average molecular weight is 329 g/mol. The van der Waals surface area contributed by atoms with E-state index in [0.717, 1.165) is 12.1 Å². The maximum absolute atomic E-state index is 5.89. The van der Waals surface area contributed by atoms with Gasteiger partial charge in [0.05, 0.1) is 18.8 Å². The first kappa shape index (κ1) is 15.3. The van der Waals surface area contributed by atoms with Crippen LogP contribution >= 0.6 is 11.6 Å². The van der Waals surface area contributed by atoms with Crippen molar-refractivity contribution in [2.75, 3.05) is 11.1 Å². The summed E-state index contributed by atoms with van der Waals surface area (Å²) in [5, 5.41) is 7.96. The fourth-order valence-electron chi connectivity index (χ4n) is 2.27. The SMILES string of the molecule is CC(Nc1cc(Cl)nc(N)n1)c1cnn(Cc2ccccc2)c1. The lowest BCUT2D eigenvalue weighted by atomic mass is 10.2. The van der Waals surface area contributed by atoms with E-state index < -0.39 is 0 Å². The monoisotopic (exact) mass is 328 g/mol. The molecule has 23 heavy (non-hydrogen) atoms. The van der Waals surface area contributed by atoms with E-state index in [2.05, 4.69) is 32.5 Å². The Hall–Kier alpha value is -2.60. The Bertz CT molecular complexity index is 766. The van der Waals surface area contributed by atoms with E-state index in [-0.39, 0.29) is 12.0 Å². The number of nitrogens with two attached hydrogens (primary N) is 1. The summed E-state index contributed by atoms with van der Waals surface area (Å²) in [5.74, 6) is 0.734. The van der Waals surface area contributed by atoms with Crippen molar-refractivity contribution < 1.29 is 0 Å². The number of nitrogens with zero attached hydrogens (tertiary/aromatic N) is 4. The fraction of sp³-hybridized carbons (Fsp3) is 0.188. The highest BCUT2D eigenvalue weighted by molar-refractivity contribution is 6.29. The van der Waals surface area contributed by atoms with Gasteiger partial charge in [0.2, 0.25) is 5.95 Å². The quantitative estimate of drug-likeness (QED) is 0.703. The minimum atomic E-state index is 0.0184. The minimum Gasteiger partial charge on any atom is -0.368 e. The Morgan fingerprint density at radius 1 is 1.26 bits per heavy atom. The van der Waals surface area contributed by atoms with Gasteiger partial charge in [0.15, 0.2) is 0 Å². The van der Waals surface area contributed by atoms with Crippen LogP contribution in [-0.4, -0.2) is 19.7 Å². The van der Waals surface area contributed by atoms with Crippen LogP contribution in [-0.2, 0) is 6.54 Å². The molecule has 0 spiro atoms. The zero-order valence-electron chi connectivity index (χ0n) is 12.6. The lowest BCUT2D eigenvalue weighted by molar-refractivity contribution is 0.685. The zero-order chi connectivity index (χ0) is 16.2. The van der Waals surface area contributed by atoms with Crippen molar-refractivity contribution in [2.45, 2.75) is 19.5 Å². The van der Waals surface area contributed by atoms with Crippen molar-refractivity contribution in [1.29, 1.82) is 0 Å². The van der Waals surface area contributed by atoms with Crippen molar-refractivity contribution in [3.63, 3.8) is 0 Å². The van der Waals surface area contributed by atoms with Gasteiger partial charge in [-0.2, -0.15) is 10.1 Å². The number of hydrogen-bond acceptors (Lipinski definition) is 5.